The molecule has 1 fully saturated rings. The maximum atomic E-state index is 11.0. The van der Waals surface area contributed by atoms with Crippen molar-refractivity contribution < 1.29 is 5.11 Å². The maximum Gasteiger partial charge on any atom is 0.161 e. The smallest absolute Gasteiger partial charge is 0.161 e. The lowest BCUT2D eigenvalue weighted by molar-refractivity contribution is 0.0873. The van der Waals surface area contributed by atoms with Crippen LogP contribution >= 0.6 is 11.6 Å². The van der Waals surface area contributed by atoms with Crippen LogP contribution in [0.5, 0.6) is 0 Å². The topological polar surface area (TPSA) is 67.1 Å². The summed E-state index contributed by atoms with van der Waals surface area (Å²) in [5.74, 6) is 2.64. The molecular weight excluding hydrogens is 410 g/mol. The Morgan fingerprint density at radius 3 is 2.84 bits per heavy atom. The molecule has 2 aliphatic rings. The Labute approximate surface area is 187 Å². The molecule has 1 aromatic carbocycles. The summed E-state index contributed by atoms with van der Waals surface area (Å²) in [5, 5.41) is 11.7. The summed E-state index contributed by atoms with van der Waals surface area (Å²) in [6.07, 6.45) is 9.42. The molecule has 1 N–H and O–H groups in total. The first-order chi connectivity index (χ1) is 15.1. The second-order valence-electron chi connectivity index (χ2n) is 8.70. The highest BCUT2D eigenvalue weighted by molar-refractivity contribution is 6.30. The minimum atomic E-state index is -0.576. The van der Waals surface area contributed by atoms with Crippen molar-refractivity contribution in [2.24, 2.45) is 13.0 Å². The third-order valence-corrected chi connectivity index (χ3v) is 6.81. The number of hydrogen-bond donors (Lipinski definition) is 1. The van der Waals surface area contributed by atoms with Crippen LogP contribution in [-0.2, 0) is 19.9 Å². The van der Waals surface area contributed by atoms with Gasteiger partial charge < -0.3 is 14.6 Å². The minimum absolute atomic E-state index is 0.124. The van der Waals surface area contributed by atoms with Gasteiger partial charge in [0, 0.05) is 60.3 Å². The molecule has 2 aromatic heterocycles. The van der Waals surface area contributed by atoms with E-state index < -0.39 is 6.10 Å². The van der Waals surface area contributed by atoms with Gasteiger partial charge in [0.15, 0.2) is 5.82 Å². The molecule has 6 nitrogen and oxygen atoms in total. The average Bonchev–Trinajstić information content (AvgIpc) is 3.23. The predicted octanol–water partition coefficient (Wildman–Crippen LogP) is 4.36. The number of aryl methyl sites for hydroxylation is 2. The number of piperidine rings is 1. The fourth-order valence-corrected chi connectivity index (χ4v) is 5.12. The molecule has 0 spiro atoms. The van der Waals surface area contributed by atoms with Crippen molar-refractivity contribution in [3.63, 3.8) is 0 Å². The molecule has 162 valence electrons. The zero-order chi connectivity index (χ0) is 21.4. The number of halogens is 1. The van der Waals surface area contributed by atoms with Gasteiger partial charge in [-0.05, 0) is 50.7 Å². The van der Waals surface area contributed by atoms with Crippen LogP contribution in [0.15, 0.2) is 36.7 Å². The molecule has 7 heteroatoms. The van der Waals surface area contributed by atoms with Gasteiger partial charge in [-0.1, -0.05) is 23.7 Å². The highest BCUT2D eigenvalue weighted by atomic mass is 35.5. The SMILES string of the molecule is Cn1ccnc1C(O)C1CCCN(c2nc(-c3cccc(Cl)c3)nc3c2CCCC3)C1. The zero-order valence-corrected chi connectivity index (χ0v) is 18.6. The Morgan fingerprint density at radius 2 is 2.03 bits per heavy atom. The van der Waals surface area contributed by atoms with Gasteiger partial charge in [-0.25, -0.2) is 15.0 Å². The number of benzene rings is 1. The first kappa shape index (κ1) is 20.5. The second kappa shape index (κ2) is 8.60. The molecule has 1 saturated heterocycles. The normalized spacial score (nSPS) is 19.8. The van der Waals surface area contributed by atoms with Crippen molar-refractivity contribution in [3.8, 4) is 11.4 Å². The van der Waals surface area contributed by atoms with Crippen LogP contribution in [-0.4, -0.2) is 37.7 Å². The van der Waals surface area contributed by atoms with E-state index in [4.69, 9.17) is 21.6 Å². The molecule has 0 amide bonds. The number of aromatic nitrogens is 4. The van der Waals surface area contributed by atoms with Gasteiger partial charge in [0.25, 0.3) is 0 Å². The van der Waals surface area contributed by atoms with Crippen LogP contribution < -0.4 is 4.90 Å². The molecule has 3 aromatic rings. The Balaban J connectivity index is 1.49. The van der Waals surface area contributed by atoms with Crippen molar-refractivity contribution in [1.82, 2.24) is 19.5 Å². The summed E-state index contributed by atoms with van der Waals surface area (Å²) in [5.41, 5.74) is 3.39. The molecular formula is C24H28ClN5O. The lowest BCUT2D eigenvalue weighted by Crippen LogP contribution is -2.39. The van der Waals surface area contributed by atoms with Gasteiger partial charge in [-0.2, -0.15) is 0 Å². The number of imidazole rings is 1. The molecule has 31 heavy (non-hydrogen) atoms. The molecule has 2 unspecified atom stereocenters. The van der Waals surface area contributed by atoms with Crippen LogP contribution in [0.3, 0.4) is 0 Å². The standard InChI is InChI=1S/C24H28ClN5O/c1-29-13-11-26-24(29)21(31)17-7-5-12-30(15-17)23-19-9-2-3-10-20(19)27-22(28-23)16-6-4-8-18(25)14-16/h4,6,8,11,13-14,17,21,31H,2-3,5,7,9-10,12,15H2,1H3. The largest absolute Gasteiger partial charge is 0.385 e. The molecule has 1 aliphatic heterocycles. The highest BCUT2D eigenvalue weighted by Gasteiger charge is 2.32. The third kappa shape index (κ3) is 4.06. The van der Waals surface area contributed by atoms with E-state index in [2.05, 4.69) is 9.88 Å². The maximum absolute atomic E-state index is 11.0. The summed E-state index contributed by atoms with van der Waals surface area (Å²) in [7, 11) is 1.93. The van der Waals surface area contributed by atoms with Crippen LogP contribution in [0.25, 0.3) is 11.4 Å². The van der Waals surface area contributed by atoms with Crippen LogP contribution in [0.2, 0.25) is 5.02 Å². The number of fused-ring (bicyclic) bond motifs is 1. The third-order valence-electron chi connectivity index (χ3n) is 6.57. The number of aliphatic hydroxyl groups excluding tert-OH is 1. The summed E-state index contributed by atoms with van der Waals surface area (Å²) in [6, 6.07) is 7.77. The van der Waals surface area contributed by atoms with Gasteiger partial charge in [-0.3, -0.25) is 0 Å². The van der Waals surface area contributed by atoms with Gasteiger partial charge in [0.1, 0.15) is 17.7 Å². The van der Waals surface area contributed by atoms with E-state index in [1.807, 2.05) is 42.1 Å². The Bertz CT molecular complexity index is 1080. The van der Waals surface area contributed by atoms with Crippen LogP contribution in [0.4, 0.5) is 5.82 Å². The Kier molecular flexibility index (Phi) is 5.67. The quantitative estimate of drug-likeness (QED) is 0.656. The number of rotatable bonds is 4. The van der Waals surface area contributed by atoms with Crippen molar-refractivity contribution in [2.75, 3.05) is 18.0 Å². The lowest BCUT2D eigenvalue weighted by Gasteiger charge is -2.37. The Morgan fingerprint density at radius 1 is 1.16 bits per heavy atom. The van der Waals surface area contributed by atoms with E-state index in [0.29, 0.717) is 5.02 Å². The van der Waals surface area contributed by atoms with E-state index >= 15 is 0 Å². The van der Waals surface area contributed by atoms with Gasteiger partial charge in [-0.15, -0.1) is 0 Å². The molecule has 0 radical (unpaired) electrons. The van der Waals surface area contributed by atoms with Crippen molar-refractivity contribution >= 4 is 17.4 Å². The highest BCUT2D eigenvalue weighted by Crippen LogP contribution is 2.35. The van der Waals surface area contributed by atoms with E-state index in [0.717, 1.165) is 67.5 Å². The fourth-order valence-electron chi connectivity index (χ4n) is 4.93. The van der Waals surface area contributed by atoms with Crippen molar-refractivity contribution in [2.45, 2.75) is 44.6 Å². The first-order valence-corrected chi connectivity index (χ1v) is 11.5. The molecule has 0 bridgehead atoms. The molecule has 3 heterocycles. The van der Waals surface area contributed by atoms with Crippen molar-refractivity contribution in [1.29, 1.82) is 0 Å². The van der Waals surface area contributed by atoms with Crippen molar-refractivity contribution in [3.05, 3.63) is 58.8 Å². The number of anilines is 1. The molecule has 2 atom stereocenters. The number of nitrogens with zero attached hydrogens (tertiary/aromatic N) is 5. The van der Waals surface area contributed by atoms with E-state index in [-0.39, 0.29) is 5.92 Å². The summed E-state index contributed by atoms with van der Waals surface area (Å²) < 4.78 is 1.91. The number of aliphatic hydroxyl groups is 1. The molecule has 1 aliphatic carbocycles. The van der Waals surface area contributed by atoms with Gasteiger partial charge >= 0.3 is 0 Å². The minimum Gasteiger partial charge on any atom is -0.385 e. The summed E-state index contributed by atoms with van der Waals surface area (Å²) >= 11 is 6.24. The monoisotopic (exact) mass is 437 g/mol. The summed E-state index contributed by atoms with van der Waals surface area (Å²) in [4.78, 5) is 16.7. The average molecular weight is 438 g/mol. The zero-order valence-electron chi connectivity index (χ0n) is 17.8. The van der Waals surface area contributed by atoms with E-state index in [9.17, 15) is 5.11 Å². The lowest BCUT2D eigenvalue weighted by atomic mass is 9.90. The Hall–Kier alpha value is -2.44. The van der Waals surface area contributed by atoms with Gasteiger partial charge in [0.2, 0.25) is 0 Å². The van der Waals surface area contributed by atoms with Gasteiger partial charge in [0.05, 0.1) is 0 Å². The number of hydrogen-bond acceptors (Lipinski definition) is 5. The second-order valence-corrected chi connectivity index (χ2v) is 9.14. The fraction of sp³-hybridized carbons (Fsp3) is 0.458. The molecule has 5 rings (SSSR count). The summed E-state index contributed by atoms with van der Waals surface area (Å²) in [6.45, 7) is 1.72. The van der Waals surface area contributed by atoms with E-state index in [1.54, 1.807) is 6.20 Å². The molecule has 0 saturated carbocycles. The predicted molar refractivity (Wildman–Crippen MR) is 122 cm³/mol. The van der Waals surface area contributed by atoms with Crippen LogP contribution in [0, 0.1) is 5.92 Å². The first-order valence-electron chi connectivity index (χ1n) is 11.2. The van der Waals surface area contributed by atoms with Crippen LogP contribution in [0.1, 0.15) is 48.9 Å². The van der Waals surface area contributed by atoms with E-state index in [1.165, 1.54) is 18.4 Å².